The minimum absolute atomic E-state index is 0.169. The van der Waals surface area contributed by atoms with Gasteiger partial charge in [-0.15, -0.1) is 0 Å². The van der Waals surface area contributed by atoms with E-state index in [1.54, 1.807) is 0 Å². The van der Waals surface area contributed by atoms with Crippen molar-refractivity contribution in [3.63, 3.8) is 0 Å². The van der Waals surface area contributed by atoms with E-state index in [0.29, 0.717) is 12.8 Å². The molecule has 0 radical (unpaired) electrons. The van der Waals surface area contributed by atoms with Crippen LogP contribution in [-0.2, 0) is 21.7 Å². The maximum atomic E-state index is 10.8. The minimum Gasteiger partial charge on any atom is -0.370 e. The number of primary amides is 2. The fraction of sp³-hybridized carbons (Fsp3) is 0.800. The van der Waals surface area contributed by atoms with Gasteiger partial charge >= 0.3 is 0 Å². The van der Waals surface area contributed by atoms with Crippen LogP contribution in [0.4, 0.5) is 0 Å². The van der Waals surface area contributed by atoms with Crippen LogP contribution in [0.5, 0.6) is 0 Å². The van der Waals surface area contributed by atoms with Gasteiger partial charge in [0.05, 0.1) is 5.66 Å². The van der Waals surface area contributed by atoms with Crippen molar-refractivity contribution in [2.24, 2.45) is 22.9 Å². The third-order valence-electron chi connectivity index (χ3n) is 9.78. The molecule has 266 valence electrons. The number of carbonyl (C=O) groups excluding carboxylic acids is 2. The molecule has 1 rings (SSSR count). The van der Waals surface area contributed by atoms with Crippen molar-refractivity contribution in [2.75, 3.05) is 0 Å². The summed E-state index contributed by atoms with van der Waals surface area (Å²) in [5.74, 6) is -0.340. The lowest BCUT2D eigenvalue weighted by atomic mass is 9.86. The molecule has 8 N–H and O–H groups in total. The number of amides is 2. The first-order valence-corrected chi connectivity index (χ1v) is 19.5. The Morgan fingerprint density at radius 1 is 0.500 bits per heavy atom. The van der Waals surface area contributed by atoms with Crippen LogP contribution >= 0.6 is 0 Å². The Balaban J connectivity index is 2.10. The third-order valence-corrected chi connectivity index (χ3v) is 9.78. The van der Waals surface area contributed by atoms with E-state index in [9.17, 15) is 9.59 Å². The van der Waals surface area contributed by atoms with Crippen molar-refractivity contribution in [1.82, 2.24) is 0 Å². The van der Waals surface area contributed by atoms with Crippen LogP contribution in [0.25, 0.3) is 0 Å². The van der Waals surface area contributed by atoms with Gasteiger partial charge in [0.25, 0.3) is 0 Å². The number of hydrogen-bond donors (Lipinski definition) is 4. The van der Waals surface area contributed by atoms with Crippen molar-refractivity contribution in [2.45, 2.75) is 205 Å². The quantitative estimate of drug-likeness (QED) is 0.0447. The average Bonchev–Trinajstić information content (AvgIpc) is 3.01. The fourth-order valence-corrected chi connectivity index (χ4v) is 6.81. The summed E-state index contributed by atoms with van der Waals surface area (Å²) in [7, 11) is 0. The van der Waals surface area contributed by atoms with Gasteiger partial charge in [-0.2, -0.15) is 0 Å². The summed E-state index contributed by atoms with van der Waals surface area (Å²) in [5, 5.41) is 0. The van der Waals surface area contributed by atoms with Crippen molar-refractivity contribution >= 4 is 11.8 Å². The van der Waals surface area contributed by atoms with Crippen LogP contribution in [0.15, 0.2) is 18.2 Å². The lowest BCUT2D eigenvalue weighted by Gasteiger charge is -2.29. The summed E-state index contributed by atoms with van der Waals surface area (Å²) >= 11 is 0. The zero-order valence-corrected chi connectivity index (χ0v) is 30.1. The van der Waals surface area contributed by atoms with E-state index in [0.717, 1.165) is 50.5 Å². The van der Waals surface area contributed by atoms with E-state index in [1.165, 1.54) is 146 Å². The molecule has 0 aliphatic heterocycles. The standard InChI is InChI=1S/C40H74N4O2/c1-35-29-28-31-37(36(35)30-24-20-16-12-8-4-2-5-9-13-17-21-25-32-38(41)45)40(43,44)34-27-23-19-15-11-7-3-6-10-14-18-22-26-33-39(42)46/h28-29,31H,2-27,30,32-34,43-44H2,1H3,(H2,41,45)(H2,42,46). The summed E-state index contributed by atoms with van der Waals surface area (Å²) < 4.78 is 0. The smallest absolute Gasteiger partial charge is 0.217 e. The zero-order valence-electron chi connectivity index (χ0n) is 30.1. The highest BCUT2D eigenvalue weighted by Gasteiger charge is 2.24. The van der Waals surface area contributed by atoms with Gasteiger partial charge in [0.2, 0.25) is 11.8 Å². The first kappa shape index (κ1) is 42.1. The summed E-state index contributed by atoms with van der Waals surface area (Å²) in [4.78, 5) is 21.5. The molecule has 0 spiro atoms. The van der Waals surface area contributed by atoms with Crippen LogP contribution in [0.1, 0.15) is 203 Å². The van der Waals surface area contributed by atoms with Gasteiger partial charge in [-0.25, -0.2) is 0 Å². The number of unbranched alkanes of at least 4 members (excludes halogenated alkanes) is 24. The molecule has 0 saturated carbocycles. The Bertz CT molecular complexity index is 901. The molecule has 2 amide bonds. The monoisotopic (exact) mass is 643 g/mol. The molecular weight excluding hydrogens is 568 g/mol. The number of benzene rings is 1. The molecule has 0 saturated heterocycles. The second kappa shape index (κ2) is 28.1. The van der Waals surface area contributed by atoms with Gasteiger partial charge in [0, 0.05) is 12.8 Å². The number of aryl methyl sites for hydroxylation is 1. The maximum Gasteiger partial charge on any atom is 0.217 e. The van der Waals surface area contributed by atoms with Crippen LogP contribution in [0, 0.1) is 6.92 Å². The fourth-order valence-electron chi connectivity index (χ4n) is 6.81. The Morgan fingerprint density at radius 3 is 1.20 bits per heavy atom. The molecular formula is C40H74N4O2. The SMILES string of the molecule is Cc1cccc(C(N)(N)CCCCCCCCCCCCCCCC(N)=O)c1CCCCCCCCCCCCCCCC(N)=O. The van der Waals surface area contributed by atoms with Crippen LogP contribution in [0.2, 0.25) is 0 Å². The van der Waals surface area contributed by atoms with Crippen molar-refractivity contribution < 1.29 is 9.59 Å². The lowest BCUT2D eigenvalue weighted by Crippen LogP contribution is -2.46. The molecule has 46 heavy (non-hydrogen) atoms. The highest BCUT2D eigenvalue weighted by molar-refractivity contribution is 5.73. The van der Waals surface area contributed by atoms with Crippen molar-refractivity contribution in [1.29, 1.82) is 0 Å². The van der Waals surface area contributed by atoms with E-state index >= 15 is 0 Å². The Kier molecular flexibility index (Phi) is 25.7. The molecule has 1 aromatic rings. The van der Waals surface area contributed by atoms with Crippen molar-refractivity contribution in [3.05, 3.63) is 34.9 Å². The molecule has 0 aliphatic rings. The van der Waals surface area contributed by atoms with Crippen molar-refractivity contribution in [3.8, 4) is 0 Å². The molecule has 1 aromatic carbocycles. The predicted octanol–water partition coefficient (Wildman–Crippen LogP) is 9.89. The number of hydrogen-bond acceptors (Lipinski definition) is 4. The summed E-state index contributed by atoms with van der Waals surface area (Å²) in [6.45, 7) is 2.21. The van der Waals surface area contributed by atoms with E-state index < -0.39 is 5.66 Å². The molecule has 0 fully saturated rings. The normalized spacial score (nSPS) is 11.7. The van der Waals surface area contributed by atoms with E-state index in [-0.39, 0.29) is 11.8 Å². The van der Waals surface area contributed by atoms with E-state index in [1.807, 2.05) is 0 Å². The highest BCUT2D eigenvalue weighted by atomic mass is 16.1. The Labute approximate surface area is 284 Å². The maximum absolute atomic E-state index is 10.8. The van der Waals surface area contributed by atoms with Gasteiger partial charge in [0.15, 0.2) is 0 Å². The van der Waals surface area contributed by atoms with Gasteiger partial charge < -0.3 is 22.9 Å². The van der Waals surface area contributed by atoms with Gasteiger partial charge in [0.1, 0.15) is 0 Å². The number of rotatable bonds is 33. The molecule has 0 unspecified atom stereocenters. The van der Waals surface area contributed by atoms with Crippen LogP contribution in [-0.4, -0.2) is 11.8 Å². The molecule has 0 aromatic heterocycles. The second-order valence-electron chi connectivity index (χ2n) is 14.3. The Hall–Kier alpha value is -1.92. The minimum atomic E-state index is -0.745. The van der Waals surface area contributed by atoms with Gasteiger partial charge in [-0.3, -0.25) is 9.59 Å². The molecule has 6 heteroatoms. The molecule has 0 heterocycles. The van der Waals surface area contributed by atoms with E-state index in [4.69, 9.17) is 22.9 Å². The van der Waals surface area contributed by atoms with Gasteiger partial charge in [-0.05, 0) is 62.1 Å². The number of carbonyl (C=O) groups is 2. The van der Waals surface area contributed by atoms with Gasteiger partial charge in [-0.1, -0.05) is 159 Å². The molecule has 0 aliphatic carbocycles. The first-order chi connectivity index (χ1) is 22.2. The second-order valence-corrected chi connectivity index (χ2v) is 14.3. The lowest BCUT2D eigenvalue weighted by molar-refractivity contribution is -0.119. The third kappa shape index (κ3) is 23.4. The van der Waals surface area contributed by atoms with Crippen LogP contribution < -0.4 is 22.9 Å². The zero-order chi connectivity index (χ0) is 33.7. The first-order valence-electron chi connectivity index (χ1n) is 19.5. The predicted molar refractivity (Wildman–Crippen MR) is 197 cm³/mol. The van der Waals surface area contributed by atoms with Crippen LogP contribution in [0.3, 0.4) is 0 Å². The molecule has 0 atom stereocenters. The number of nitrogens with two attached hydrogens (primary N) is 4. The summed E-state index contributed by atoms with van der Waals surface area (Å²) in [5.41, 5.74) is 27.0. The highest BCUT2D eigenvalue weighted by Crippen LogP contribution is 2.28. The molecule has 6 nitrogen and oxygen atoms in total. The topological polar surface area (TPSA) is 138 Å². The Morgan fingerprint density at radius 2 is 0.826 bits per heavy atom. The summed E-state index contributed by atoms with van der Waals surface area (Å²) in [6.07, 6.45) is 35.6. The largest absolute Gasteiger partial charge is 0.370 e. The summed E-state index contributed by atoms with van der Waals surface area (Å²) in [6, 6.07) is 6.50. The average molecular weight is 643 g/mol. The van der Waals surface area contributed by atoms with E-state index in [2.05, 4.69) is 25.1 Å². The molecule has 0 bridgehead atoms.